The molecule has 2 aromatic carbocycles. The quantitative estimate of drug-likeness (QED) is 0.503. The van der Waals surface area contributed by atoms with Gasteiger partial charge in [0.1, 0.15) is 18.4 Å². The summed E-state index contributed by atoms with van der Waals surface area (Å²) in [6, 6.07) is 11.9. The van der Waals surface area contributed by atoms with Gasteiger partial charge in [-0.3, -0.25) is 13.9 Å². The Morgan fingerprint density at radius 3 is 2.00 bits per heavy atom. The van der Waals surface area contributed by atoms with Gasteiger partial charge < -0.3 is 10.2 Å². The van der Waals surface area contributed by atoms with Crippen LogP contribution < -0.4 is 9.62 Å². The average Bonchev–Trinajstić information content (AvgIpc) is 2.76. The van der Waals surface area contributed by atoms with Gasteiger partial charge in [-0.25, -0.2) is 12.8 Å². The highest BCUT2D eigenvalue weighted by Crippen LogP contribution is 2.23. The predicted octanol–water partition coefficient (Wildman–Crippen LogP) is 4.44. The second-order valence-corrected chi connectivity index (χ2v) is 12.2. The largest absolute Gasteiger partial charge is 0.350 e. The fourth-order valence-electron chi connectivity index (χ4n) is 3.80. The molecule has 0 unspecified atom stereocenters. The van der Waals surface area contributed by atoms with Gasteiger partial charge in [0.05, 0.1) is 11.9 Å². The zero-order chi connectivity index (χ0) is 27.3. The number of rotatable bonds is 10. The van der Waals surface area contributed by atoms with Gasteiger partial charge in [0.15, 0.2) is 0 Å². The van der Waals surface area contributed by atoms with Gasteiger partial charge in [-0.2, -0.15) is 0 Å². The van der Waals surface area contributed by atoms with Crippen molar-refractivity contribution in [1.82, 2.24) is 10.2 Å². The van der Waals surface area contributed by atoms with Crippen LogP contribution in [0.2, 0.25) is 0 Å². The van der Waals surface area contributed by atoms with Crippen LogP contribution in [-0.4, -0.2) is 49.5 Å². The highest BCUT2D eigenvalue weighted by atomic mass is 32.2. The van der Waals surface area contributed by atoms with Crippen molar-refractivity contribution in [1.29, 1.82) is 0 Å². The number of hydrogen-bond donors (Lipinski definition) is 1. The minimum Gasteiger partial charge on any atom is -0.350 e. The monoisotopic (exact) mass is 519 g/mol. The molecule has 2 aromatic rings. The number of amides is 2. The second-order valence-electron chi connectivity index (χ2n) is 10.3. The molecule has 1 N–H and O–H groups in total. The maximum absolute atomic E-state index is 13.7. The molecular weight excluding hydrogens is 481 g/mol. The summed E-state index contributed by atoms with van der Waals surface area (Å²) < 4.78 is 39.9. The number of carbonyl (C=O) groups is 2. The maximum Gasteiger partial charge on any atom is 0.244 e. The molecule has 0 aliphatic rings. The standard InChI is InChI=1S/C27H38FN3O4S/c1-8-24(26(33)29-27(4,5)6)30(17-20-9-13-22(28)14-10-20)25(32)18-31(36(7,34)35)23-15-11-21(12-16-23)19(2)3/h9-16,19,24H,8,17-18H2,1-7H3,(H,29,33)/t24-/m0/s1. The van der Waals surface area contributed by atoms with Gasteiger partial charge in [0, 0.05) is 12.1 Å². The maximum atomic E-state index is 13.7. The molecule has 9 heteroatoms. The third-order valence-corrected chi connectivity index (χ3v) is 6.82. The topological polar surface area (TPSA) is 86.8 Å². The first-order valence-corrected chi connectivity index (χ1v) is 13.9. The lowest BCUT2D eigenvalue weighted by molar-refractivity contribution is -0.141. The molecule has 0 aromatic heterocycles. The Balaban J connectivity index is 2.44. The number of benzene rings is 2. The van der Waals surface area contributed by atoms with Gasteiger partial charge >= 0.3 is 0 Å². The molecule has 0 radical (unpaired) electrons. The Morgan fingerprint density at radius 1 is 1.00 bits per heavy atom. The molecule has 0 aliphatic heterocycles. The molecule has 0 fully saturated rings. The summed E-state index contributed by atoms with van der Waals surface area (Å²) in [5, 5.41) is 2.91. The number of anilines is 1. The molecule has 1 atom stereocenters. The minimum atomic E-state index is -3.80. The highest BCUT2D eigenvalue weighted by Gasteiger charge is 2.33. The molecule has 0 aliphatic carbocycles. The molecule has 7 nitrogen and oxygen atoms in total. The third-order valence-electron chi connectivity index (χ3n) is 5.68. The van der Waals surface area contributed by atoms with Crippen molar-refractivity contribution in [2.75, 3.05) is 17.1 Å². The van der Waals surface area contributed by atoms with E-state index in [1.165, 1.54) is 17.0 Å². The van der Waals surface area contributed by atoms with Gasteiger partial charge in [-0.15, -0.1) is 0 Å². The smallest absolute Gasteiger partial charge is 0.244 e. The summed E-state index contributed by atoms with van der Waals surface area (Å²) in [7, 11) is -3.80. The molecule has 2 amide bonds. The van der Waals surface area contributed by atoms with Crippen molar-refractivity contribution in [3.05, 3.63) is 65.5 Å². The van der Waals surface area contributed by atoms with E-state index in [0.717, 1.165) is 16.1 Å². The summed E-state index contributed by atoms with van der Waals surface area (Å²) >= 11 is 0. The molecule has 0 saturated heterocycles. The van der Waals surface area contributed by atoms with Crippen molar-refractivity contribution < 1.29 is 22.4 Å². The van der Waals surface area contributed by atoms with E-state index < -0.39 is 39.9 Å². The van der Waals surface area contributed by atoms with Crippen molar-refractivity contribution in [3.8, 4) is 0 Å². The van der Waals surface area contributed by atoms with Crippen LogP contribution in [0, 0.1) is 5.82 Å². The van der Waals surface area contributed by atoms with E-state index in [0.29, 0.717) is 17.7 Å². The van der Waals surface area contributed by atoms with E-state index in [4.69, 9.17) is 0 Å². The van der Waals surface area contributed by atoms with E-state index in [1.807, 2.05) is 46.8 Å². The van der Waals surface area contributed by atoms with Crippen molar-refractivity contribution in [3.63, 3.8) is 0 Å². The molecule has 0 saturated carbocycles. The number of hydrogen-bond acceptors (Lipinski definition) is 4. The van der Waals surface area contributed by atoms with Crippen LogP contribution in [0.1, 0.15) is 65.0 Å². The molecule has 0 bridgehead atoms. The van der Waals surface area contributed by atoms with E-state index in [2.05, 4.69) is 5.32 Å². The first-order chi connectivity index (χ1) is 16.6. The molecule has 0 spiro atoms. The molecule has 0 heterocycles. The zero-order valence-electron chi connectivity index (χ0n) is 22.2. The molecule has 36 heavy (non-hydrogen) atoms. The Morgan fingerprint density at radius 2 is 1.56 bits per heavy atom. The van der Waals surface area contributed by atoms with Crippen LogP contribution >= 0.6 is 0 Å². The van der Waals surface area contributed by atoms with Crippen LogP contribution in [0.4, 0.5) is 10.1 Å². The van der Waals surface area contributed by atoms with Crippen LogP contribution in [0.5, 0.6) is 0 Å². The van der Waals surface area contributed by atoms with Crippen LogP contribution in [0.3, 0.4) is 0 Å². The SMILES string of the molecule is CC[C@@H](C(=O)NC(C)(C)C)N(Cc1ccc(F)cc1)C(=O)CN(c1ccc(C(C)C)cc1)S(C)(=O)=O. The van der Waals surface area contributed by atoms with E-state index in [1.54, 1.807) is 31.2 Å². The third kappa shape index (κ3) is 8.33. The summed E-state index contributed by atoms with van der Waals surface area (Å²) in [4.78, 5) is 28.2. The van der Waals surface area contributed by atoms with Crippen LogP contribution in [-0.2, 0) is 26.2 Å². The fourth-order valence-corrected chi connectivity index (χ4v) is 4.65. The van der Waals surface area contributed by atoms with Gasteiger partial charge in [-0.05, 0) is 68.5 Å². The Hall–Kier alpha value is -2.94. The van der Waals surface area contributed by atoms with Crippen LogP contribution in [0.25, 0.3) is 0 Å². The number of halogens is 1. The lowest BCUT2D eigenvalue weighted by atomic mass is 10.0. The van der Waals surface area contributed by atoms with Gasteiger partial charge in [0.2, 0.25) is 21.8 Å². The molecule has 198 valence electrons. The van der Waals surface area contributed by atoms with E-state index >= 15 is 0 Å². The number of sulfonamides is 1. The van der Waals surface area contributed by atoms with Gasteiger partial charge in [0.25, 0.3) is 0 Å². The number of nitrogens with one attached hydrogen (secondary N) is 1. The number of carbonyl (C=O) groups excluding carboxylic acids is 2. The Bertz CT molecular complexity index is 1140. The normalized spacial score (nSPS) is 12.8. The molecular formula is C27H38FN3O4S. The van der Waals surface area contributed by atoms with E-state index in [9.17, 15) is 22.4 Å². The van der Waals surface area contributed by atoms with Crippen LogP contribution in [0.15, 0.2) is 48.5 Å². The fraction of sp³-hybridized carbons (Fsp3) is 0.481. The average molecular weight is 520 g/mol. The summed E-state index contributed by atoms with van der Waals surface area (Å²) in [5.74, 6) is -1.02. The Labute approximate surface area is 214 Å². The Kier molecular flexibility index (Phi) is 9.65. The summed E-state index contributed by atoms with van der Waals surface area (Å²) in [6.45, 7) is 10.9. The van der Waals surface area contributed by atoms with Crippen molar-refractivity contribution in [2.45, 2.75) is 72.0 Å². The zero-order valence-corrected chi connectivity index (χ0v) is 23.0. The molecule has 2 rings (SSSR count). The first-order valence-electron chi connectivity index (χ1n) is 12.1. The number of nitrogens with zero attached hydrogens (tertiary/aromatic N) is 2. The van der Waals surface area contributed by atoms with Crippen molar-refractivity contribution in [2.24, 2.45) is 0 Å². The second kappa shape index (κ2) is 11.9. The first kappa shape index (κ1) is 29.3. The summed E-state index contributed by atoms with van der Waals surface area (Å²) in [6.07, 6.45) is 1.36. The lowest BCUT2D eigenvalue weighted by Crippen LogP contribution is -2.55. The van der Waals surface area contributed by atoms with Gasteiger partial charge in [-0.1, -0.05) is 45.0 Å². The minimum absolute atomic E-state index is 0.0269. The van der Waals surface area contributed by atoms with E-state index in [-0.39, 0.29) is 18.4 Å². The lowest BCUT2D eigenvalue weighted by Gasteiger charge is -2.34. The highest BCUT2D eigenvalue weighted by molar-refractivity contribution is 7.92. The summed E-state index contributed by atoms with van der Waals surface area (Å²) in [5.41, 5.74) is 1.51. The van der Waals surface area contributed by atoms with Crippen molar-refractivity contribution >= 4 is 27.5 Å². The predicted molar refractivity (Wildman–Crippen MR) is 142 cm³/mol.